The van der Waals surface area contributed by atoms with Gasteiger partial charge in [-0.2, -0.15) is 0 Å². The fraction of sp³-hybridized carbons (Fsp3) is 0.282. The first-order valence-electron chi connectivity index (χ1n) is 16.3. The van der Waals surface area contributed by atoms with Crippen molar-refractivity contribution < 1.29 is 24.2 Å². The summed E-state index contributed by atoms with van der Waals surface area (Å²) in [5, 5.41) is 16.6. The number of anilines is 1. The first-order valence-corrected chi connectivity index (χ1v) is 17.1. The van der Waals surface area contributed by atoms with Gasteiger partial charge < -0.3 is 20.5 Å². The van der Waals surface area contributed by atoms with Crippen molar-refractivity contribution >= 4 is 45.3 Å². The van der Waals surface area contributed by atoms with Gasteiger partial charge >= 0.3 is 12.1 Å². The summed E-state index contributed by atoms with van der Waals surface area (Å²) in [5.74, 6) is -1.39. The molecule has 9 nitrogen and oxygen atoms in total. The van der Waals surface area contributed by atoms with Crippen LogP contribution < -0.4 is 10.6 Å². The number of ether oxygens (including phenoxy) is 1. The summed E-state index contributed by atoms with van der Waals surface area (Å²) in [6, 6.07) is 30.7. The number of nitrogens with one attached hydrogen (secondary N) is 2. The third kappa shape index (κ3) is 9.64. The molecule has 0 radical (unpaired) electrons. The van der Waals surface area contributed by atoms with E-state index in [1.165, 1.54) is 0 Å². The molecule has 0 spiro atoms. The van der Waals surface area contributed by atoms with E-state index in [-0.39, 0.29) is 11.9 Å². The quantitative estimate of drug-likeness (QED) is 0.137. The zero-order chi connectivity index (χ0) is 35.0. The summed E-state index contributed by atoms with van der Waals surface area (Å²) in [5.41, 5.74) is 2.91. The Bertz CT molecular complexity index is 1770. The monoisotopic (exact) mass is 724 g/mol. The predicted octanol–water partition coefficient (Wildman–Crippen LogP) is 7.61. The van der Waals surface area contributed by atoms with Crippen LogP contribution in [0.4, 0.5) is 10.5 Å². The summed E-state index contributed by atoms with van der Waals surface area (Å²) in [6.07, 6.45) is 0.866. The molecule has 10 heteroatoms. The summed E-state index contributed by atoms with van der Waals surface area (Å²) < 4.78 is 6.32. The molecule has 3 atom stereocenters. The molecule has 0 saturated carbocycles. The Kier molecular flexibility index (Phi) is 11.6. The molecule has 0 unspecified atom stereocenters. The molecule has 0 bridgehead atoms. The number of rotatable bonds is 11. The first-order chi connectivity index (χ1) is 23.5. The van der Waals surface area contributed by atoms with Crippen molar-refractivity contribution in [2.24, 2.45) is 4.99 Å². The van der Waals surface area contributed by atoms with E-state index in [4.69, 9.17) is 9.73 Å². The molecule has 4 aromatic carbocycles. The number of hydrogen-bond donors (Lipinski definition) is 3. The molecule has 5 rings (SSSR count). The third-order valence-electron chi connectivity index (χ3n) is 8.12. The summed E-state index contributed by atoms with van der Waals surface area (Å²) in [6.45, 7) is 6.69. The van der Waals surface area contributed by atoms with Gasteiger partial charge in [-0.3, -0.25) is 14.7 Å². The number of benzene rings is 4. The van der Waals surface area contributed by atoms with Crippen molar-refractivity contribution in [2.45, 2.75) is 63.9 Å². The lowest BCUT2D eigenvalue weighted by atomic mass is 9.96. The van der Waals surface area contributed by atoms with E-state index in [2.05, 4.69) is 43.6 Å². The zero-order valence-electron chi connectivity index (χ0n) is 27.8. The Hall–Kier alpha value is -4.80. The molecule has 1 aliphatic rings. The van der Waals surface area contributed by atoms with E-state index >= 15 is 0 Å². The topological polar surface area (TPSA) is 120 Å². The number of nitrogens with zero attached hydrogens (tertiary/aromatic N) is 2. The van der Waals surface area contributed by atoms with Gasteiger partial charge in [0.25, 0.3) is 0 Å². The summed E-state index contributed by atoms with van der Waals surface area (Å²) in [7, 11) is 0. The average molecular weight is 726 g/mol. The number of carbonyl (C=O) groups is 3. The normalized spacial score (nSPS) is 16.4. The van der Waals surface area contributed by atoms with Gasteiger partial charge in [0.2, 0.25) is 5.91 Å². The van der Waals surface area contributed by atoms with Gasteiger partial charge in [0, 0.05) is 22.1 Å². The van der Waals surface area contributed by atoms with E-state index in [0.29, 0.717) is 34.6 Å². The molecule has 3 N–H and O–H groups in total. The Morgan fingerprint density at radius 1 is 0.918 bits per heavy atom. The minimum Gasteiger partial charge on any atom is -0.480 e. The number of para-hydroxylation sites is 1. The van der Waals surface area contributed by atoms with Crippen molar-refractivity contribution in [1.82, 2.24) is 10.2 Å². The van der Waals surface area contributed by atoms with Gasteiger partial charge in [0.15, 0.2) is 6.04 Å². The Labute approximate surface area is 295 Å². The standard InChI is InChI=1S/C39H41BrN4O5/c1-39(2,3)49-38(48)43-34(28-20-22-29(40)23-21-28)35(37(46)47)42-33(27-15-8-5-9-16-27)30-17-10-11-18-31(30)41-36(45)32-19-12-24-44(32)25-26-13-6-4-7-14-26/h4-11,13-18,20-23,32,34-35H,12,19,24-25H2,1-3H3,(H,41,45)(H,43,48)(H,46,47)/t32-,34+,35-/m0/s1. The fourth-order valence-corrected chi connectivity index (χ4v) is 6.17. The highest BCUT2D eigenvalue weighted by Gasteiger charge is 2.34. The molecule has 0 aliphatic carbocycles. The van der Waals surface area contributed by atoms with E-state index in [1.54, 1.807) is 51.1 Å². The fourth-order valence-electron chi connectivity index (χ4n) is 5.90. The van der Waals surface area contributed by atoms with Crippen LogP contribution in [0.3, 0.4) is 0 Å². The number of alkyl carbamates (subject to hydrolysis) is 1. The lowest BCUT2D eigenvalue weighted by Crippen LogP contribution is -2.42. The largest absolute Gasteiger partial charge is 0.480 e. The third-order valence-corrected chi connectivity index (χ3v) is 8.65. The van der Waals surface area contributed by atoms with Gasteiger partial charge in [0.05, 0.1) is 23.5 Å². The van der Waals surface area contributed by atoms with Crippen molar-refractivity contribution in [2.75, 3.05) is 11.9 Å². The molecule has 1 aliphatic heterocycles. The molecular weight excluding hydrogens is 684 g/mol. The Morgan fingerprint density at radius 3 is 2.20 bits per heavy atom. The van der Waals surface area contributed by atoms with Crippen LogP contribution in [0.2, 0.25) is 0 Å². The average Bonchev–Trinajstić information content (AvgIpc) is 3.53. The van der Waals surface area contributed by atoms with Gasteiger partial charge in [-0.25, -0.2) is 9.59 Å². The van der Waals surface area contributed by atoms with E-state index in [9.17, 15) is 19.5 Å². The van der Waals surface area contributed by atoms with Crippen LogP contribution >= 0.6 is 15.9 Å². The van der Waals surface area contributed by atoms with E-state index < -0.39 is 29.7 Å². The van der Waals surface area contributed by atoms with Gasteiger partial charge in [0.1, 0.15) is 5.60 Å². The molecule has 1 saturated heterocycles. The second-order valence-corrected chi connectivity index (χ2v) is 13.9. The number of likely N-dealkylation sites (tertiary alicyclic amines) is 1. The van der Waals surface area contributed by atoms with Crippen LogP contribution in [-0.2, 0) is 20.9 Å². The minimum absolute atomic E-state index is 0.137. The zero-order valence-corrected chi connectivity index (χ0v) is 29.4. The van der Waals surface area contributed by atoms with Crippen molar-refractivity contribution in [3.8, 4) is 0 Å². The van der Waals surface area contributed by atoms with Crippen molar-refractivity contribution in [3.63, 3.8) is 0 Å². The molecule has 1 fully saturated rings. The lowest BCUT2D eigenvalue weighted by Gasteiger charge is -2.27. The van der Waals surface area contributed by atoms with Gasteiger partial charge in [-0.15, -0.1) is 0 Å². The number of halogens is 1. The molecule has 4 aromatic rings. The predicted molar refractivity (Wildman–Crippen MR) is 195 cm³/mol. The smallest absolute Gasteiger partial charge is 0.408 e. The number of carboxylic acids is 1. The van der Waals surface area contributed by atoms with Crippen LogP contribution in [0.15, 0.2) is 119 Å². The van der Waals surface area contributed by atoms with Crippen molar-refractivity contribution in [3.05, 3.63) is 136 Å². The van der Waals surface area contributed by atoms with Crippen LogP contribution in [0.1, 0.15) is 61.9 Å². The maximum Gasteiger partial charge on any atom is 0.408 e. The summed E-state index contributed by atoms with van der Waals surface area (Å²) in [4.78, 5) is 47.1. The maximum absolute atomic E-state index is 13.9. The number of aliphatic imine (C=N–C) groups is 1. The van der Waals surface area contributed by atoms with E-state index in [0.717, 1.165) is 29.4 Å². The van der Waals surface area contributed by atoms with Crippen LogP contribution in [0, 0.1) is 0 Å². The maximum atomic E-state index is 13.9. The van der Waals surface area contributed by atoms with E-state index in [1.807, 2.05) is 66.7 Å². The number of carboxylic acid groups (broad SMARTS) is 1. The van der Waals surface area contributed by atoms with Gasteiger partial charge in [-0.05, 0) is 69.5 Å². The highest BCUT2D eigenvalue weighted by atomic mass is 79.9. The van der Waals surface area contributed by atoms with Gasteiger partial charge in [-0.1, -0.05) is 107 Å². The minimum atomic E-state index is -1.47. The van der Waals surface area contributed by atoms with Crippen LogP contribution in [-0.4, -0.2) is 57.9 Å². The number of carbonyl (C=O) groups excluding carboxylic acids is 2. The number of aliphatic carboxylic acids is 1. The first kappa shape index (κ1) is 35.5. The molecule has 49 heavy (non-hydrogen) atoms. The Morgan fingerprint density at radius 2 is 1.55 bits per heavy atom. The molecule has 0 aromatic heterocycles. The number of amides is 2. The molecule has 2 amide bonds. The molecule has 1 heterocycles. The second kappa shape index (κ2) is 16.1. The number of hydrogen-bond acceptors (Lipinski definition) is 6. The second-order valence-electron chi connectivity index (χ2n) is 13.0. The SMILES string of the molecule is CC(C)(C)OC(=O)N[C@H](c1ccc(Br)cc1)[C@H](N=C(c1ccccc1)c1ccccc1NC(=O)[C@@H]1CCCN1Cc1ccccc1)C(=O)O. The Balaban J connectivity index is 1.53. The molecular formula is C39H41BrN4O5. The molecule has 254 valence electrons. The van der Waals surface area contributed by atoms with Crippen LogP contribution in [0.5, 0.6) is 0 Å². The lowest BCUT2D eigenvalue weighted by molar-refractivity contribution is -0.139. The highest BCUT2D eigenvalue weighted by molar-refractivity contribution is 9.10. The van der Waals surface area contributed by atoms with Crippen LogP contribution in [0.25, 0.3) is 0 Å². The summed E-state index contributed by atoms with van der Waals surface area (Å²) >= 11 is 3.43. The van der Waals surface area contributed by atoms with Crippen molar-refractivity contribution in [1.29, 1.82) is 0 Å². The highest BCUT2D eigenvalue weighted by Crippen LogP contribution is 2.28.